The van der Waals surface area contributed by atoms with Crippen LogP contribution in [-0.4, -0.2) is 38.8 Å². The van der Waals surface area contributed by atoms with Gasteiger partial charge in [-0.3, -0.25) is 4.79 Å². The van der Waals surface area contributed by atoms with Gasteiger partial charge in [-0.1, -0.05) is 13.3 Å². The van der Waals surface area contributed by atoms with E-state index < -0.39 is 36.4 Å². The lowest BCUT2D eigenvalue weighted by Gasteiger charge is -2.21. The number of aliphatic carboxylic acids is 1. The number of rotatable bonds is 7. The van der Waals surface area contributed by atoms with E-state index in [4.69, 9.17) is 5.11 Å². The van der Waals surface area contributed by atoms with E-state index in [9.17, 15) is 22.8 Å². The molecular formula is C13H18F3N3O3. The van der Waals surface area contributed by atoms with Crippen LogP contribution in [0.4, 0.5) is 13.2 Å². The van der Waals surface area contributed by atoms with Gasteiger partial charge in [-0.05, 0) is 6.42 Å². The Balaban J connectivity index is 2.85. The molecule has 0 fully saturated rings. The third-order valence-corrected chi connectivity index (χ3v) is 3.17. The van der Waals surface area contributed by atoms with Crippen LogP contribution in [-0.2, 0) is 16.6 Å². The quantitative estimate of drug-likeness (QED) is 0.802. The van der Waals surface area contributed by atoms with E-state index in [2.05, 4.69) is 10.3 Å². The van der Waals surface area contributed by atoms with Crippen LogP contribution in [0.25, 0.3) is 0 Å². The van der Waals surface area contributed by atoms with Crippen molar-refractivity contribution in [3.05, 3.63) is 18.2 Å². The molecule has 0 saturated carbocycles. The van der Waals surface area contributed by atoms with Gasteiger partial charge >= 0.3 is 12.1 Å². The first kappa shape index (κ1) is 18.0. The summed E-state index contributed by atoms with van der Waals surface area (Å²) in [5.74, 6) is -4.60. The van der Waals surface area contributed by atoms with Gasteiger partial charge in [-0.2, -0.15) is 13.2 Å². The van der Waals surface area contributed by atoms with Crippen molar-refractivity contribution in [3.8, 4) is 0 Å². The van der Waals surface area contributed by atoms with Crippen molar-refractivity contribution >= 4 is 11.9 Å². The van der Waals surface area contributed by atoms with Gasteiger partial charge in [0.2, 0.25) is 5.91 Å². The first-order chi connectivity index (χ1) is 10.2. The van der Waals surface area contributed by atoms with E-state index in [-0.39, 0.29) is 12.2 Å². The second-order valence-corrected chi connectivity index (χ2v) is 4.94. The number of hydrogen-bond acceptors (Lipinski definition) is 3. The topological polar surface area (TPSA) is 84.2 Å². The molecule has 1 heterocycles. The average Bonchev–Trinajstić information content (AvgIpc) is 2.80. The van der Waals surface area contributed by atoms with Gasteiger partial charge in [-0.25, -0.2) is 9.78 Å². The number of carbonyl (C=O) groups is 2. The van der Waals surface area contributed by atoms with Crippen LogP contribution in [0.3, 0.4) is 0 Å². The zero-order valence-electron chi connectivity index (χ0n) is 12.2. The Labute approximate surface area is 125 Å². The minimum Gasteiger partial charge on any atom is -0.480 e. The van der Waals surface area contributed by atoms with E-state index in [1.807, 2.05) is 0 Å². The van der Waals surface area contributed by atoms with Crippen molar-refractivity contribution in [3.63, 3.8) is 0 Å². The number of imidazole rings is 1. The Bertz CT molecular complexity index is 528. The Hall–Kier alpha value is -2.06. The molecule has 124 valence electrons. The maximum atomic E-state index is 13.1. The van der Waals surface area contributed by atoms with Crippen LogP contribution in [0, 0.1) is 0 Å². The highest BCUT2D eigenvalue weighted by Crippen LogP contribution is 2.36. The fraction of sp³-hybridized carbons (Fsp3) is 0.615. The van der Waals surface area contributed by atoms with Crippen molar-refractivity contribution < 1.29 is 27.9 Å². The summed E-state index contributed by atoms with van der Waals surface area (Å²) in [6, 6.07) is -1.19. The van der Waals surface area contributed by atoms with E-state index in [1.54, 1.807) is 6.92 Å². The molecule has 22 heavy (non-hydrogen) atoms. The lowest BCUT2D eigenvalue weighted by atomic mass is 10.0. The SMILES string of the molecule is CCC[C@@H](NC(=O)C[C@H](c1nccn1C)C(F)(F)F)C(=O)O. The summed E-state index contributed by atoms with van der Waals surface area (Å²) < 4.78 is 40.5. The summed E-state index contributed by atoms with van der Waals surface area (Å²) in [5.41, 5.74) is 0. The Morgan fingerprint density at radius 2 is 2.09 bits per heavy atom. The van der Waals surface area contributed by atoms with Crippen molar-refractivity contribution in [1.29, 1.82) is 0 Å². The molecule has 0 radical (unpaired) electrons. The van der Waals surface area contributed by atoms with Gasteiger partial charge in [0.1, 0.15) is 17.8 Å². The molecule has 0 aliphatic rings. The number of nitrogens with zero attached hydrogens (tertiary/aromatic N) is 2. The van der Waals surface area contributed by atoms with Crippen molar-refractivity contribution in [1.82, 2.24) is 14.9 Å². The first-order valence-corrected chi connectivity index (χ1v) is 6.72. The van der Waals surface area contributed by atoms with Crippen LogP contribution in [0.1, 0.15) is 37.9 Å². The summed E-state index contributed by atoms with van der Waals surface area (Å²) in [6.45, 7) is 1.72. The molecule has 0 aromatic carbocycles. The molecule has 2 N–H and O–H groups in total. The van der Waals surface area contributed by atoms with Crippen LogP contribution in [0.15, 0.2) is 12.4 Å². The van der Waals surface area contributed by atoms with Gasteiger partial charge < -0.3 is 15.0 Å². The fourth-order valence-electron chi connectivity index (χ4n) is 2.05. The predicted molar refractivity (Wildman–Crippen MR) is 71.1 cm³/mol. The molecule has 1 aromatic heterocycles. The lowest BCUT2D eigenvalue weighted by Crippen LogP contribution is -2.42. The molecule has 0 spiro atoms. The molecule has 0 aliphatic carbocycles. The highest BCUT2D eigenvalue weighted by atomic mass is 19.4. The van der Waals surface area contributed by atoms with E-state index in [1.165, 1.54) is 24.0 Å². The number of carboxylic acid groups (broad SMARTS) is 1. The minimum atomic E-state index is -4.65. The van der Waals surface area contributed by atoms with Crippen LogP contribution >= 0.6 is 0 Å². The Morgan fingerprint density at radius 1 is 1.45 bits per heavy atom. The molecule has 0 bridgehead atoms. The van der Waals surface area contributed by atoms with Crippen molar-refractivity contribution in [2.24, 2.45) is 7.05 Å². The largest absolute Gasteiger partial charge is 0.480 e. The number of aryl methyl sites for hydroxylation is 1. The van der Waals surface area contributed by atoms with Crippen molar-refractivity contribution in [2.45, 2.75) is 44.3 Å². The predicted octanol–water partition coefficient (Wildman–Crippen LogP) is 1.83. The summed E-state index contributed by atoms with van der Waals surface area (Å²) >= 11 is 0. The van der Waals surface area contributed by atoms with Crippen molar-refractivity contribution in [2.75, 3.05) is 0 Å². The molecule has 1 amide bonds. The highest BCUT2D eigenvalue weighted by molar-refractivity contribution is 5.83. The molecule has 0 unspecified atom stereocenters. The Kier molecular flexibility index (Phi) is 5.95. The number of carboxylic acids is 1. The fourth-order valence-corrected chi connectivity index (χ4v) is 2.05. The molecule has 6 nitrogen and oxygen atoms in total. The summed E-state index contributed by atoms with van der Waals surface area (Å²) in [4.78, 5) is 26.4. The third kappa shape index (κ3) is 4.74. The van der Waals surface area contributed by atoms with Gasteiger partial charge in [0.15, 0.2) is 0 Å². The molecular weight excluding hydrogens is 303 g/mol. The minimum absolute atomic E-state index is 0.153. The molecule has 9 heteroatoms. The molecule has 2 atom stereocenters. The third-order valence-electron chi connectivity index (χ3n) is 3.17. The summed E-state index contributed by atoms with van der Waals surface area (Å²) in [7, 11) is 1.40. The average molecular weight is 321 g/mol. The molecule has 0 saturated heterocycles. The number of amides is 1. The maximum absolute atomic E-state index is 13.1. The maximum Gasteiger partial charge on any atom is 0.399 e. The number of hydrogen-bond donors (Lipinski definition) is 2. The second kappa shape index (κ2) is 7.28. The number of carbonyl (C=O) groups excluding carboxylic acids is 1. The number of alkyl halides is 3. The molecule has 1 aromatic rings. The van der Waals surface area contributed by atoms with Crippen LogP contribution < -0.4 is 5.32 Å². The molecule has 0 aliphatic heterocycles. The van der Waals surface area contributed by atoms with Gasteiger partial charge in [0.05, 0.1) is 0 Å². The van der Waals surface area contributed by atoms with Gasteiger partial charge in [0.25, 0.3) is 0 Å². The van der Waals surface area contributed by atoms with E-state index in [0.29, 0.717) is 6.42 Å². The standard InChI is InChI=1S/C13H18F3N3O3/c1-3-4-9(12(21)22)18-10(20)7-8(13(14,15)16)11-17-5-6-19(11)2/h5-6,8-9H,3-4,7H2,1-2H3,(H,18,20)(H,21,22)/t8-,9-/m1/s1. The summed E-state index contributed by atoms with van der Waals surface area (Å²) in [5, 5.41) is 11.0. The Morgan fingerprint density at radius 3 is 2.50 bits per heavy atom. The smallest absolute Gasteiger partial charge is 0.399 e. The van der Waals surface area contributed by atoms with Gasteiger partial charge in [0, 0.05) is 25.9 Å². The zero-order chi connectivity index (χ0) is 16.9. The lowest BCUT2D eigenvalue weighted by molar-refractivity contribution is -0.159. The normalized spacial score (nSPS) is 14.4. The summed E-state index contributed by atoms with van der Waals surface area (Å²) in [6.07, 6.45) is -2.35. The van der Waals surface area contributed by atoms with E-state index >= 15 is 0 Å². The number of nitrogens with one attached hydrogen (secondary N) is 1. The van der Waals surface area contributed by atoms with Gasteiger partial charge in [-0.15, -0.1) is 0 Å². The number of halogens is 3. The zero-order valence-corrected chi connectivity index (χ0v) is 12.2. The monoisotopic (exact) mass is 321 g/mol. The molecule has 1 rings (SSSR count). The van der Waals surface area contributed by atoms with E-state index in [0.717, 1.165) is 0 Å². The highest BCUT2D eigenvalue weighted by Gasteiger charge is 2.44. The van der Waals surface area contributed by atoms with Crippen LogP contribution in [0.5, 0.6) is 0 Å². The number of aromatic nitrogens is 2. The second-order valence-electron chi connectivity index (χ2n) is 4.94. The first-order valence-electron chi connectivity index (χ1n) is 6.72. The van der Waals surface area contributed by atoms with Crippen LogP contribution in [0.2, 0.25) is 0 Å².